The largest absolute Gasteiger partial charge is 0.312 e. The smallest absolute Gasteiger partial charge is 0.256 e. The van der Waals surface area contributed by atoms with Gasteiger partial charge in [-0.05, 0) is 25.5 Å². The lowest BCUT2D eigenvalue weighted by molar-refractivity contribution is 0.102. The van der Waals surface area contributed by atoms with Crippen molar-refractivity contribution in [2.45, 2.75) is 13.8 Å². The second-order valence-electron chi connectivity index (χ2n) is 3.51. The van der Waals surface area contributed by atoms with Crippen LogP contribution in [0.25, 0.3) is 0 Å². The van der Waals surface area contributed by atoms with E-state index in [1.807, 2.05) is 38.1 Å². The van der Waals surface area contributed by atoms with Crippen molar-refractivity contribution in [3.8, 4) is 0 Å². The molecule has 0 radical (unpaired) electrons. The van der Waals surface area contributed by atoms with Crippen LogP contribution < -0.4 is 5.32 Å². The van der Waals surface area contributed by atoms with Gasteiger partial charge in [-0.2, -0.15) is 0 Å². The second kappa shape index (κ2) is 4.45. The summed E-state index contributed by atoms with van der Waals surface area (Å²) in [4.78, 5) is 16.0. The van der Waals surface area contributed by atoms with Crippen molar-refractivity contribution in [2.75, 3.05) is 5.32 Å². The highest BCUT2D eigenvalue weighted by Gasteiger charge is 2.09. The number of anilines is 1. The number of aromatic nitrogens is 1. The third-order valence-corrected chi connectivity index (χ3v) is 3.08. The van der Waals surface area contributed by atoms with Crippen molar-refractivity contribution < 1.29 is 4.79 Å². The molecule has 1 aromatic heterocycles. The Balaban J connectivity index is 2.18. The van der Waals surface area contributed by atoms with Crippen molar-refractivity contribution >= 4 is 22.2 Å². The minimum Gasteiger partial charge on any atom is -0.312 e. The average molecular weight is 232 g/mol. The van der Waals surface area contributed by atoms with Gasteiger partial charge in [-0.1, -0.05) is 18.2 Å². The van der Waals surface area contributed by atoms with Crippen molar-refractivity contribution in [1.29, 1.82) is 0 Å². The molecule has 0 atom stereocenters. The molecule has 1 aromatic carbocycles. The van der Waals surface area contributed by atoms with Crippen LogP contribution in [-0.2, 0) is 0 Å². The molecule has 0 unspecified atom stereocenters. The molecule has 0 bridgehead atoms. The highest BCUT2D eigenvalue weighted by atomic mass is 32.1. The summed E-state index contributed by atoms with van der Waals surface area (Å²) >= 11 is 1.47. The first kappa shape index (κ1) is 10.8. The van der Waals surface area contributed by atoms with E-state index >= 15 is 0 Å². The van der Waals surface area contributed by atoms with Crippen LogP contribution in [0.2, 0.25) is 0 Å². The van der Waals surface area contributed by atoms with E-state index < -0.39 is 0 Å². The van der Waals surface area contributed by atoms with E-state index in [-0.39, 0.29) is 5.91 Å². The molecule has 0 aliphatic rings. The maximum Gasteiger partial charge on any atom is 0.256 e. The molecule has 0 saturated carbocycles. The molecule has 0 aliphatic heterocycles. The Bertz CT molecular complexity index is 519. The Morgan fingerprint density at radius 3 is 2.69 bits per heavy atom. The number of amides is 1. The van der Waals surface area contributed by atoms with Crippen molar-refractivity contribution in [3.63, 3.8) is 0 Å². The number of carbonyl (C=O) groups is 1. The number of rotatable bonds is 2. The van der Waals surface area contributed by atoms with E-state index in [4.69, 9.17) is 0 Å². The summed E-state index contributed by atoms with van der Waals surface area (Å²) in [5, 5.41) is 4.56. The Morgan fingerprint density at radius 2 is 2.06 bits per heavy atom. The monoisotopic (exact) mass is 232 g/mol. The summed E-state index contributed by atoms with van der Waals surface area (Å²) in [7, 11) is 0. The summed E-state index contributed by atoms with van der Waals surface area (Å²) in [6.45, 7) is 3.83. The zero-order chi connectivity index (χ0) is 11.5. The Hall–Kier alpha value is -1.68. The maximum absolute atomic E-state index is 11.9. The van der Waals surface area contributed by atoms with Gasteiger partial charge in [-0.3, -0.25) is 4.79 Å². The van der Waals surface area contributed by atoms with E-state index in [2.05, 4.69) is 10.3 Å². The molecule has 0 fully saturated rings. The van der Waals surface area contributed by atoms with Gasteiger partial charge < -0.3 is 5.32 Å². The molecule has 2 aromatic rings. The molecular weight excluding hydrogens is 220 g/mol. The third-order valence-electron chi connectivity index (χ3n) is 2.25. The summed E-state index contributed by atoms with van der Waals surface area (Å²) in [5.74, 6) is -0.0817. The highest BCUT2D eigenvalue weighted by molar-refractivity contribution is 7.15. The van der Waals surface area contributed by atoms with Crippen LogP contribution in [-0.4, -0.2) is 10.9 Å². The number of nitrogens with zero attached hydrogens (tertiary/aromatic N) is 1. The highest BCUT2D eigenvalue weighted by Crippen LogP contribution is 2.19. The molecular formula is C12H12N2OS. The second-order valence-corrected chi connectivity index (χ2v) is 4.75. The average Bonchev–Trinajstić information content (AvgIpc) is 2.64. The van der Waals surface area contributed by atoms with E-state index in [0.717, 1.165) is 15.6 Å². The Morgan fingerprint density at radius 1 is 1.31 bits per heavy atom. The van der Waals surface area contributed by atoms with Gasteiger partial charge in [0, 0.05) is 5.56 Å². The number of thiazole rings is 1. The lowest BCUT2D eigenvalue weighted by Crippen LogP contribution is -2.12. The summed E-state index contributed by atoms with van der Waals surface area (Å²) < 4.78 is 0. The molecule has 16 heavy (non-hydrogen) atoms. The number of benzene rings is 1. The molecule has 1 heterocycles. The number of carbonyl (C=O) groups excluding carboxylic acids is 1. The Kier molecular flexibility index (Phi) is 3.01. The fourth-order valence-electron chi connectivity index (χ4n) is 1.43. The third kappa shape index (κ3) is 2.28. The van der Waals surface area contributed by atoms with Crippen molar-refractivity contribution in [3.05, 3.63) is 46.6 Å². The standard InChI is InChI=1S/C12H12N2OS/c1-8-5-3-4-6-10(8)12(15)14-11-7-13-9(2)16-11/h3-7H,1-2H3,(H,14,15). The normalized spacial score (nSPS) is 10.1. The molecule has 1 N–H and O–H groups in total. The first-order chi connectivity index (χ1) is 7.66. The number of aryl methyl sites for hydroxylation is 2. The molecule has 0 saturated heterocycles. The quantitative estimate of drug-likeness (QED) is 0.864. The summed E-state index contributed by atoms with van der Waals surface area (Å²) in [6, 6.07) is 7.52. The lowest BCUT2D eigenvalue weighted by Gasteiger charge is -2.04. The van der Waals surface area contributed by atoms with Gasteiger partial charge >= 0.3 is 0 Å². The molecule has 82 valence electrons. The van der Waals surface area contributed by atoms with Crippen LogP contribution in [0.4, 0.5) is 5.00 Å². The molecule has 3 nitrogen and oxygen atoms in total. The molecule has 1 amide bonds. The number of hydrogen-bond acceptors (Lipinski definition) is 3. The van der Waals surface area contributed by atoms with Gasteiger partial charge in [0.05, 0.1) is 11.2 Å². The molecule has 4 heteroatoms. The van der Waals surface area contributed by atoms with Crippen molar-refractivity contribution in [1.82, 2.24) is 4.98 Å². The fraction of sp³-hybridized carbons (Fsp3) is 0.167. The zero-order valence-corrected chi connectivity index (χ0v) is 9.97. The van der Waals surface area contributed by atoms with Crippen molar-refractivity contribution in [2.24, 2.45) is 0 Å². The molecule has 0 aliphatic carbocycles. The number of nitrogens with one attached hydrogen (secondary N) is 1. The van der Waals surface area contributed by atoms with Gasteiger partial charge in [0.25, 0.3) is 5.91 Å². The van der Waals surface area contributed by atoms with Crippen LogP contribution >= 0.6 is 11.3 Å². The zero-order valence-electron chi connectivity index (χ0n) is 9.15. The molecule has 0 spiro atoms. The van der Waals surface area contributed by atoms with Crippen LogP contribution in [0.1, 0.15) is 20.9 Å². The first-order valence-electron chi connectivity index (χ1n) is 4.96. The van der Waals surface area contributed by atoms with Gasteiger partial charge in [0.2, 0.25) is 0 Å². The minimum atomic E-state index is -0.0817. The predicted molar refractivity (Wildman–Crippen MR) is 66.0 cm³/mol. The minimum absolute atomic E-state index is 0.0817. The van der Waals surface area contributed by atoms with Gasteiger partial charge in [-0.15, -0.1) is 11.3 Å². The lowest BCUT2D eigenvalue weighted by atomic mass is 10.1. The summed E-state index contributed by atoms with van der Waals surface area (Å²) in [6.07, 6.45) is 1.68. The Labute approximate surface area is 98.2 Å². The van der Waals surface area contributed by atoms with Crippen LogP contribution in [0.15, 0.2) is 30.5 Å². The van der Waals surface area contributed by atoms with Gasteiger partial charge in [0.15, 0.2) is 0 Å². The predicted octanol–water partition coefficient (Wildman–Crippen LogP) is 3.01. The van der Waals surface area contributed by atoms with Crippen LogP contribution in [0.3, 0.4) is 0 Å². The summed E-state index contributed by atoms with van der Waals surface area (Å²) in [5.41, 5.74) is 1.68. The van der Waals surface area contributed by atoms with E-state index in [1.165, 1.54) is 11.3 Å². The van der Waals surface area contributed by atoms with E-state index in [0.29, 0.717) is 5.56 Å². The van der Waals surface area contributed by atoms with E-state index in [1.54, 1.807) is 6.20 Å². The van der Waals surface area contributed by atoms with Crippen LogP contribution in [0, 0.1) is 13.8 Å². The first-order valence-corrected chi connectivity index (χ1v) is 5.78. The SMILES string of the molecule is Cc1ncc(NC(=O)c2ccccc2C)s1. The number of hydrogen-bond donors (Lipinski definition) is 1. The van der Waals surface area contributed by atoms with Crippen LogP contribution in [0.5, 0.6) is 0 Å². The topological polar surface area (TPSA) is 42.0 Å². The van der Waals surface area contributed by atoms with Gasteiger partial charge in [0.1, 0.15) is 5.00 Å². The van der Waals surface area contributed by atoms with E-state index in [9.17, 15) is 4.79 Å². The maximum atomic E-state index is 11.9. The molecule has 2 rings (SSSR count). The van der Waals surface area contributed by atoms with Gasteiger partial charge in [-0.25, -0.2) is 4.98 Å². The fourth-order valence-corrected chi connectivity index (χ4v) is 2.10.